The summed E-state index contributed by atoms with van der Waals surface area (Å²) in [6.07, 6.45) is 17.6. The monoisotopic (exact) mass is 1570 g/mol. The van der Waals surface area contributed by atoms with Crippen molar-refractivity contribution in [3.63, 3.8) is 0 Å². The maximum absolute atomic E-state index is 13.4. The van der Waals surface area contributed by atoms with Crippen molar-refractivity contribution in [2.75, 3.05) is 23.7 Å². The van der Waals surface area contributed by atoms with Gasteiger partial charge in [0.05, 0.1) is 54.4 Å². The molecule has 584 valence electrons. The summed E-state index contributed by atoms with van der Waals surface area (Å²) in [7, 11) is 2.87. The number of carbonyl (C=O) groups is 4. The number of carbonyl (C=O) groups excluding carboxylic acids is 4. The number of anilines is 2. The molecule has 4 aromatic heterocycles. The van der Waals surface area contributed by atoms with Gasteiger partial charge in [-0.25, -0.2) is 28.2 Å². The van der Waals surface area contributed by atoms with Gasteiger partial charge >= 0.3 is 46.4 Å². The number of benzene rings is 4. The maximum Gasteiger partial charge on any atom is 0.342 e. The number of H-pyrrole nitrogens is 2. The lowest BCUT2D eigenvalue weighted by Gasteiger charge is -2.23. The number of nitrogens with one attached hydrogen (secondary N) is 6. The fraction of sp³-hybridized carbons (Fsp3) is 0.514. The Balaban J connectivity index is 0.000000215. The smallest absolute Gasteiger partial charge is 0.342 e. The lowest BCUT2D eigenvalue weighted by atomic mass is 9.93. The number of methoxy groups -OCH3 is 2. The van der Waals surface area contributed by atoms with Gasteiger partial charge in [0.15, 0.2) is 51.7 Å². The first-order valence-electron chi connectivity index (χ1n) is 36.6. The molecule has 4 aliphatic carbocycles. The molecule has 0 radical (unpaired) electrons. The molecule has 30 nitrogen and oxygen atoms in total. The third kappa shape index (κ3) is 21.5. The molecule has 4 aromatic carbocycles. The molecular formula is C74H96N12O18S4. The van der Waals surface area contributed by atoms with Crippen molar-refractivity contribution in [3.8, 4) is 34.5 Å². The third-order valence-corrected chi connectivity index (χ3v) is 22.1. The Morgan fingerprint density at radius 2 is 0.787 bits per heavy atom. The van der Waals surface area contributed by atoms with Gasteiger partial charge in [0.1, 0.15) is 35.7 Å². The van der Waals surface area contributed by atoms with Gasteiger partial charge in [-0.1, -0.05) is 67.2 Å². The van der Waals surface area contributed by atoms with Crippen LogP contribution >= 0.6 is 0 Å². The molecule has 0 amide bonds. The Kier molecular flexibility index (Phi) is 27.1. The van der Waals surface area contributed by atoms with E-state index in [-0.39, 0.29) is 103 Å². The van der Waals surface area contributed by atoms with Gasteiger partial charge < -0.3 is 45.2 Å². The SMILES string of the molecule is COc1ccc(NS(=O)Oc2cc(C(=O)OC3CCCCC3)cc(C(=O)OC3CCCCC3)c2)cc1OS(=O)NC(C)c1nnc2cc(C(C)(C)C)[nH]n12.COc1ccc(NS(=O)Oc2cc(C(=O)OC3CCCCC3)ccc2C(=O)OC2CCCCC2)cc1OS(=O)NC(C)c1nnc2cc(C(C)(C)C)[nH]n12. The Bertz CT molecular complexity index is 4510. The Morgan fingerprint density at radius 3 is 1.18 bits per heavy atom. The lowest BCUT2D eigenvalue weighted by Crippen LogP contribution is -2.27. The maximum atomic E-state index is 13.4. The third-order valence-electron chi connectivity index (χ3n) is 18.9. The van der Waals surface area contributed by atoms with Gasteiger partial charge in [0, 0.05) is 46.5 Å². The van der Waals surface area contributed by atoms with E-state index in [0.29, 0.717) is 22.9 Å². The van der Waals surface area contributed by atoms with E-state index in [0.717, 1.165) is 140 Å². The van der Waals surface area contributed by atoms with E-state index in [1.807, 2.05) is 12.1 Å². The van der Waals surface area contributed by atoms with Crippen molar-refractivity contribution < 1.29 is 81.2 Å². The number of rotatable bonds is 28. The van der Waals surface area contributed by atoms with E-state index in [1.54, 1.807) is 47.1 Å². The van der Waals surface area contributed by atoms with Crippen LogP contribution in [0.2, 0.25) is 0 Å². The van der Waals surface area contributed by atoms with Crippen LogP contribution in [0.5, 0.6) is 34.5 Å². The first kappa shape index (κ1) is 80.1. The number of aromatic nitrogens is 8. The van der Waals surface area contributed by atoms with Gasteiger partial charge in [0.2, 0.25) is 0 Å². The van der Waals surface area contributed by atoms with Crippen LogP contribution in [0, 0.1) is 0 Å². The molecule has 0 aliphatic heterocycles. The van der Waals surface area contributed by atoms with Crippen molar-refractivity contribution in [1.29, 1.82) is 0 Å². The molecule has 4 fully saturated rings. The zero-order valence-electron chi connectivity index (χ0n) is 62.4. The summed E-state index contributed by atoms with van der Waals surface area (Å²) in [5.41, 5.74) is 3.82. The van der Waals surface area contributed by atoms with Gasteiger partial charge in [-0.15, -0.1) is 20.4 Å². The highest BCUT2D eigenvalue weighted by molar-refractivity contribution is 7.82. The number of aromatic amines is 2. The fourth-order valence-electron chi connectivity index (χ4n) is 12.9. The highest BCUT2D eigenvalue weighted by Gasteiger charge is 2.31. The van der Waals surface area contributed by atoms with Crippen LogP contribution in [0.15, 0.2) is 84.9 Å². The first-order valence-corrected chi connectivity index (χ1v) is 40.9. The average molecular weight is 1570 g/mol. The van der Waals surface area contributed by atoms with Crippen LogP contribution in [-0.2, 0) is 74.8 Å². The number of nitrogens with zero attached hydrogens (tertiary/aromatic N) is 6. The zero-order valence-corrected chi connectivity index (χ0v) is 65.6. The van der Waals surface area contributed by atoms with E-state index in [9.17, 15) is 36.0 Å². The molecule has 0 bridgehead atoms. The number of fused-ring (bicyclic) bond motifs is 2. The topological polar surface area (TPSA) is 369 Å². The lowest BCUT2D eigenvalue weighted by molar-refractivity contribution is 0.0195. The highest BCUT2D eigenvalue weighted by atomic mass is 32.2. The molecule has 6 atom stereocenters. The predicted octanol–water partition coefficient (Wildman–Crippen LogP) is 13.4. The second-order valence-corrected chi connectivity index (χ2v) is 32.8. The molecule has 0 spiro atoms. The molecule has 0 saturated heterocycles. The summed E-state index contributed by atoms with van der Waals surface area (Å²) in [6, 6.07) is 20.3. The van der Waals surface area contributed by atoms with Crippen LogP contribution in [0.1, 0.15) is 260 Å². The number of ether oxygens (including phenoxy) is 6. The normalized spacial score (nSPS) is 17.4. The zero-order chi connectivity index (χ0) is 76.8. The summed E-state index contributed by atoms with van der Waals surface area (Å²) in [5, 5.41) is 23.5. The van der Waals surface area contributed by atoms with E-state index >= 15 is 0 Å². The molecule has 4 aliphatic rings. The molecule has 34 heteroatoms. The van der Waals surface area contributed by atoms with E-state index in [1.165, 1.54) is 62.8 Å². The molecule has 6 unspecified atom stereocenters. The number of esters is 4. The van der Waals surface area contributed by atoms with E-state index in [4.69, 9.17) is 45.2 Å². The van der Waals surface area contributed by atoms with Crippen molar-refractivity contribution in [2.45, 2.75) is 231 Å². The minimum atomic E-state index is -2.28. The van der Waals surface area contributed by atoms with Crippen LogP contribution < -0.4 is 45.1 Å². The van der Waals surface area contributed by atoms with Crippen LogP contribution in [0.25, 0.3) is 11.3 Å². The van der Waals surface area contributed by atoms with Crippen molar-refractivity contribution in [2.24, 2.45) is 0 Å². The van der Waals surface area contributed by atoms with Crippen LogP contribution in [0.3, 0.4) is 0 Å². The Morgan fingerprint density at radius 1 is 0.417 bits per heavy atom. The van der Waals surface area contributed by atoms with Gasteiger partial charge in [0.25, 0.3) is 22.5 Å². The Labute approximate surface area is 637 Å². The Hall–Kier alpha value is -8.96. The molecule has 6 N–H and O–H groups in total. The van der Waals surface area contributed by atoms with Crippen LogP contribution in [0.4, 0.5) is 11.4 Å². The minimum absolute atomic E-state index is 0.00178. The summed E-state index contributed by atoms with van der Waals surface area (Å²) < 4.78 is 124. The van der Waals surface area contributed by atoms with Gasteiger partial charge in [-0.3, -0.25) is 19.6 Å². The van der Waals surface area contributed by atoms with Crippen molar-refractivity contribution in [1.82, 2.24) is 49.1 Å². The summed E-state index contributed by atoms with van der Waals surface area (Å²) >= 11 is -8.65. The molecule has 8 aromatic rings. The number of hydrogen-bond acceptors (Lipinski definition) is 22. The quantitative estimate of drug-likeness (QED) is 0.0196. The standard InChI is InChI=1S/2C37H48N6O9S2/c1-23(34-39-38-33-22-32(37(2,3)4)40-43(33)34)41-53(46)52-31-21-25(17-19-29(31)48-5)42-54(47)51-30-20-24(35(44)49-26-12-8-6-9-13-26)16-18-28(30)36(45)50-27-14-10-7-11-15-27;1-23(34-39-38-33-22-32(37(2,3)4)40-43(33)34)41-53(46)52-31-21-26(16-17-30(31)48-5)42-54(47)51-29-19-24(35(44)49-27-12-8-6-9-13-27)18-25(20-29)36(45)50-28-14-10-7-11-15-28/h16-23,26-27,40-42H,6-15H2,1-5H3;16-23,27-28,40-42H,6-15H2,1-5H3. The molecular weight excluding hydrogens is 1470 g/mol. The number of hydrogen-bond donors (Lipinski definition) is 6. The first-order chi connectivity index (χ1) is 51.7. The average Bonchev–Trinajstić information content (AvgIpc) is 1.62. The van der Waals surface area contributed by atoms with E-state index < -0.39 is 81.0 Å². The van der Waals surface area contributed by atoms with Crippen molar-refractivity contribution >= 4 is 91.6 Å². The van der Waals surface area contributed by atoms with Crippen LogP contribution in [-0.4, -0.2) is 119 Å². The van der Waals surface area contributed by atoms with Gasteiger partial charge in [-0.05, 0) is 177 Å². The summed E-state index contributed by atoms with van der Waals surface area (Å²) in [5.74, 6) is -0.804. The molecule has 4 saturated carbocycles. The molecule has 4 heterocycles. The summed E-state index contributed by atoms with van der Waals surface area (Å²) in [4.78, 5) is 52.9. The second-order valence-electron chi connectivity index (χ2n) is 29.3. The van der Waals surface area contributed by atoms with E-state index in [2.05, 4.69) is 91.0 Å². The second kappa shape index (κ2) is 36.5. The molecule has 108 heavy (non-hydrogen) atoms. The minimum Gasteiger partial charge on any atom is -0.493 e. The summed E-state index contributed by atoms with van der Waals surface area (Å²) in [6.45, 7) is 16.0. The highest BCUT2D eigenvalue weighted by Crippen LogP contribution is 2.36. The fourth-order valence-corrected chi connectivity index (χ4v) is 15.7. The van der Waals surface area contributed by atoms with Gasteiger partial charge in [-0.2, -0.15) is 26.3 Å². The predicted molar refractivity (Wildman–Crippen MR) is 406 cm³/mol. The molecule has 12 rings (SSSR count). The largest absolute Gasteiger partial charge is 0.493 e. The van der Waals surface area contributed by atoms with Crippen molar-refractivity contribution in [3.05, 3.63) is 130 Å².